The van der Waals surface area contributed by atoms with Crippen molar-refractivity contribution in [2.45, 2.75) is 25.7 Å². The molecule has 0 unspecified atom stereocenters. The molecule has 2 fully saturated rings. The Balaban J connectivity index is 1.46. The Labute approximate surface area is 132 Å². The van der Waals surface area contributed by atoms with Crippen LogP contribution in [-0.4, -0.2) is 21.1 Å². The molecule has 2 aromatic heterocycles. The number of carbonyl (C=O) groups is 1. The van der Waals surface area contributed by atoms with Crippen LogP contribution in [-0.2, 0) is 4.79 Å². The monoisotopic (exact) mass is 312 g/mol. The summed E-state index contributed by atoms with van der Waals surface area (Å²) in [5.74, 6) is 1.21. The molecule has 1 N–H and O–H groups in total. The SMILES string of the molecule is O=C(C=C(C1CC1)C1CC1)Nc1nnc(-c2ccccn2)s1. The minimum atomic E-state index is -0.0856. The van der Waals surface area contributed by atoms with E-state index in [4.69, 9.17) is 0 Å². The van der Waals surface area contributed by atoms with Crippen LogP contribution in [0.3, 0.4) is 0 Å². The van der Waals surface area contributed by atoms with E-state index in [1.54, 1.807) is 12.3 Å². The second kappa shape index (κ2) is 5.61. The van der Waals surface area contributed by atoms with E-state index in [2.05, 4.69) is 20.5 Å². The van der Waals surface area contributed by atoms with E-state index in [1.165, 1.54) is 42.6 Å². The Morgan fingerprint density at radius 1 is 1.18 bits per heavy atom. The van der Waals surface area contributed by atoms with Gasteiger partial charge in [0.05, 0.1) is 0 Å². The summed E-state index contributed by atoms with van der Waals surface area (Å²) >= 11 is 1.34. The molecule has 4 rings (SSSR count). The Hall–Kier alpha value is -2.08. The van der Waals surface area contributed by atoms with Gasteiger partial charge in [-0.25, -0.2) is 0 Å². The number of pyridine rings is 1. The summed E-state index contributed by atoms with van der Waals surface area (Å²) in [6.45, 7) is 0. The zero-order chi connectivity index (χ0) is 14.9. The molecule has 2 heterocycles. The number of allylic oxidation sites excluding steroid dienone is 1. The molecule has 0 saturated heterocycles. The van der Waals surface area contributed by atoms with E-state index >= 15 is 0 Å². The number of nitrogens with zero attached hydrogens (tertiary/aromatic N) is 3. The van der Waals surface area contributed by atoms with Crippen molar-refractivity contribution in [2.75, 3.05) is 5.32 Å². The van der Waals surface area contributed by atoms with Crippen LogP contribution in [0.4, 0.5) is 5.13 Å². The highest BCUT2D eigenvalue weighted by molar-refractivity contribution is 7.18. The first-order valence-electron chi connectivity index (χ1n) is 7.57. The fraction of sp³-hybridized carbons (Fsp3) is 0.375. The molecule has 2 aliphatic rings. The lowest BCUT2D eigenvalue weighted by Crippen LogP contribution is -2.09. The molecule has 6 heteroatoms. The largest absolute Gasteiger partial charge is 0.297 e. The first-order valence-corrected chi connectivity index (χ1v) is 8.38. The molecule has 5 nitrogen and oxygen atoms in total. The zero-order valence-corrected chi connectivity index (χ0v) is 12.8. The van der Waals surface area contributed by atoms with Crippen LogP contribution in [0, 0.1) is 11.8 Å². The quantitative estimate of drug-likeness (QED) is 0.860. The fourth-order valence-corrected chi connectivity index (χ4v) is 3.29. The van der Waals surface area contributed by atoms with Crippen LogP contribution in [0.5, 0.6) is 0 Å². The normalized spacial score (nSPS) is 17.1. The average Bonchev–Trinajstić information content (AvgIpc) is 3.45. The Kier molecular flexibility index (Phi) is 3.46. The lowest BCUT2D eigenvalue weighted by Gasteiger charge is -2.03. The van der Waals surface area contributed by atoms with Crippen molar-refractivity contribution in [3.63, 3.8) is 0 Å². The van der Waals surface area contributed by atoms with Gasteiger partial charge in [-0.2, -0.15) is 0 Å². The predicted molar refractivity (Wildman–Crippen MR) is 85.3 cm³/mol. The topological polar surface area (TPSA) is 67.8 Å². The van der Waals surface area contributed by atoms with E-state index in [1.807, 2.05) is 18.2 Å². The fourth-order valence-electron chi connectivity index (χ4n) is 2.56. The molecule has 0 spiro atoms. The van der Waals surface area contributed by atoms with Crippen LogP contribution >= 0.6 is 11.3 Å². The minimum Gasteiger partial charge on any atom is -0.297 e. The van der Waals surface area contributed by atoms with E-state index in [0.29, 0.717) is 22.0 Å². The molecule has 2 aromatic rings. The van der Waals surface area contributed by atoms with Crippen molar-refractivity contribution >= 4 is 22.4 Å². The third kappa shape index (κ3) is 3.06. The number of nitrogens with one attached hydrogen (secondary N) is 1. The van der Waals surface area contributed by atoms with Gasteiger partial charge in [0.25, 0.3) is 0 Å². The third-order valence-corrected chi connectivity index (χ3v) is 4.80. The molecule has 2 aliphatic carbocycles. The highest BCUT2D eigenvalue weighted by Gasteiger charge is 2.36. The van der Waals surface area contributed by atoms with Crippen molar-refractivity contribution in [2.24, 2.45) is 11.8 Å². The number of amides is 1. The van der Waals surface area contributed by atoms with Gasteiger partial charge in [-0.1, -0.05) is 23.0 Å². The number of hydrogen-bond acceptors (Lipinski definition) is 5. The van der Waals surface area contributed by atoms with Crippen LogP contribution < -0.4 is 5.32 Å². The van der Waals surface area contributed by atoms with Gasteiger partial charge in [0.2, 0.25) is 11.0 Å². The van der Waals surface area contributed by atoms with Gasteiger partial charge < -0.3 is 0 Å². The molecule has 0 bridgehead atoms. The Morgan fingerprint density at radius 2 is 1.95 bits per heavy atom. The van der Waals surface area contributed by atoms with E-state index in [9.17, 15) is 4.79 Å². The van der Waals surface area contributed by atoms with Crippen molar-refractivity contribution in [3.8, 4) is 10.7 Å². The first-order chi connectivity index (χ1) is 10.8. The maximum atomic E-state index is 12.2. The zero-order valence-electron chi connectivity index (χ0n) is 12.0. The van der Waals surface area contributed by atoms with Crippen LogP contribution in [0.2, 0.25) is 0 Å². The summed E-state index contributed by atoms with van der Waals surface area (Å²) in [7, 11) is 0. The number of anilines is 1. The standard InChI is InChI=1S/C16H16N4OS/c21-14(9-12(10-4-5-10)11-6-7-11)18-16-20-19-15(22-16)13-3-1-2-8-17-13/h1-3,8-11H,4-7H2,(H,18,20,21). The molecular weight excluding hydrogens is 296 g/mol. The number of carbonyl (C=O) groups excluding carboxylic acids is 1. The maximum absolute atomic E-state index is 12.2. The van der Waals surface area contributed by atoms with E-state index < -0.39 is 0 Å². The van der Waals surface area contributed by atoms with Gasteiger partial charge in [0.15, 0.2) is 5.01 Å². The summed E-state index contributed by atoms with van der Waals surface area (Å²) in [6, 6.07) is 5.64. The summed E-state index contributed by atoms with van der Waals surface area (Å²) in [5, 5.41) is 12.2. The van der Waals surface area contributed by atoms with E-state index in [0.717, 1.165) is 5.69 Å². The lowest BCUT2D eigenvalue weighted by atomic mass is 10.1. The van der Waals surface area contributed by atoms with Crippen molar-refractivity contribution in [1.82, 2.24) is 15.2 Å². The first kappa shape index (κ1) is 13.6. The number of rotatable bonds is 5. The van der Waals surface area contributed by atoms with Crippen molar-refractivity contribution in [1.29, 1.82) is 0 Å². The molecule has 1 amide bonds. The van der Waals surface area contributed by atoms with Gasteiger partial charge in [-0.15, -0.1) is 10.2 Å². The van der Waals surface area contributed by atoms with Crippen molar-refractivity contribution in [3.05, 3.63) is 36.0 Å². The molecule has 22 heavy (non-hydrogen) atoms. The molecular formula is C16H16N4OS. The van der Waals surface area contributed by atoms with Crippen molar-refractivity contribution < 1.29 is 4.79 Å². The van der Waals surface area contributed by atoms with E-state index in [-0.39, 0.29) is 5.91 Å². The highest BCUT2D eigenvalue weighted by Crippen LogP contribution is 2.48. The maximum Gasteiger partial charge on any atom is 0.250 e. The van der Waals surface area contributed by atoms with Gasteiger partial charge in [-0.3, -0.25) is 15.1 Å². The highest BCUT2D eigenvalue weighted by atomic mass is 32.1. The molecule has 2 saturated carbocycles. The summed E-state index contributed by atoms with van der Waals surface area (Å²) in [6.07, 6.45) is 8.44. The predicted octanol–water partition coefficient (Wildman–Crippen LogP) is 3.29. The van der Waals surface area contributed by atoms with Crippen LogP contribution in [0.1, 0.15) is 25.7 Å². The minimum absolute atomic E-state index is 0.0856. The van der Waals surface area contributed by atoms with Gasteiger partial charge >= 0.3 is 0 Å². The second-order valence-corrected chi connectivity index (χ2v) is 6.79. The number of aromatic nitrogens is 3. The molecule has 0 aromatic carbocycles. The summed E-state index contributed by atoms with van der Waals surface area (Å²) < 4.78 is 0. The molecule has 0 radical (unpaired) electrons. The molecule has 112 valence electrons. The van der Waals surface area contributed by atoms with Gasteiger partial charge in [0.1, 0.15) is 5.69 Å². The van der Waals surface area contributed by atoms with Gasteiger partial charge in [0, 0.05) is 12.3 Å². The number of hydrogen-bond donors (Lipinski definition) is 1. The second-order valence-electron chi connectivity index (χ2n) is 5.81. The van der Waals surface area contributed by atoms with Gasteiger partial charge in [-0.05, 0) is 49.7 Å². The lowest BCUT2D eigenvalue weighted by molar-refractivity contribution is -0.112. The Morgan fingerprint density at radius 3 is 2.59 bits per heavy atom. The third-order valence-electron chi connectivity index (χ3n) is 3.93. The smallest absolute Gasteiger partial charge is 0.250 e. The average molecular weight is 312 g/mol. The Bertz CT molecular complexity index is 703. The molecule has 0 aliphatic heterocycles. The molecule has 0 atom stereocenters. The summed E-state index contributed by atoms with van der Waals surface area (Å²) in [5.41, 5.74) is 2.11. The van der Waals surface area contributed by atoms with Crippen LogP contribution in [0.25, 0.3) is 10.7 Å². The van der Waals surface area contributed by atoms with Crippen LogP contribution in [0.15, 0.2) is 36.0 Å². The summed E-state index contributed by atoms with van der Waals surface area (Å²) in [4.78, 5) is 16.4.